The van der Waals surface area contributed by atoms with E-state index < -0.39 is 25.9 Å². The summed E-state index contributed by atoms with van der Waals surface area (Å²) in [6, 6.07) is 0. The molecule has 0 amide bonds. The predicted octanol–water partition coefficient (Wildman–Crippen LogP) is 3.18. The third kappa shape index (κ3) is 10.5. The van der Waals surface area contributed by atoms with E-state index in [1.165, 1.54) is 0 Å². The fraction of sp³-hybridized carbons (Fsp3) is 1.00. The Bertz CT molecular complexity index is 141. The highest BCUT2D eigenvalue weighted by Gasteiger charge is 2.31. The van der Waals surface area contributed by atoms with E-state index in [-0.39, 0.29) is 7.43 Å². The van der Waals surface area contributed by atoms with Gasteiger partial charge < -0.3 is 8.23 Å². The van der Waals surface area contributed by atoms with E-state index in [0.29, 0.717) is 0 Å². The van der Waals surface area contributed by atoms with Crippen LogP contribution in [0.4, 0.5) is 0 Å². The second-order valence-corrected chi connectivity index (χ2v) is 15.7. The Morgan fingerprint density at radius 2 is 1.31 bits per heavy atom. The predicted molar refractivity (Wildman–Crippen MR) is 68.6 cm³/mol. The van der Waals surface area contributed by atoms with Gasteiger partial charge in [0.2, 0.25) is 0 Å². The van der Waals surface area contributed by atoms with Gasteiger partial charge in [0.25, 0.3) is 0 Å². The second kappa shape index (κ2) is 5.45. The molecule has 0 bridgehead atoms. The smallest absolute Gasteiger partial charge is 0.310 e. The molecule has 0 aromatic carbocycles. The molecule has 0 aromatic heterocycles. The normalized spacial score (nSPS) is 12.9. The minimum atomic E-state index is -1.78. The molecule has 0 N–H and O–H groups in total. The van der Waals surface area contributed by atoms with Crippen LogP contribution in [-0.2, 0) is 8.23 Å². The van der Waals surface area contributed by atoms with Crippen LogP contribution in [0.3, 0.4) is 0 Å². The number of rotatable bonds is 4. The number of hydrogen-bond donors (Lipinski definition) is 0. The molecule has 0 aromatic rings. The van der Waals surface area contributed by atoms with Crippen molar-refractivity contribution in [3.05, 3.63) is 0 Å². The summed E-state index contributed by atoms with van der Waals surface area (Å²) in [5.41, 5.74) is 0. The monoisotopic (exact) mass is 238 g/mol. The highest BCUT2D eigenvalue weighted by molar-refractivity contribution is 6.83. The maximum Gasteiger partial charge on any atom is 0.310 e. The van der Waals surface area contributed by atoms with Gasteiger partial charge in [-0.15, -0.1) is 0 Å². The maximum absolute atomic E-state index is 6.03. The molecule has 13 heavy (non-hydrogen) atoms. The lowest BCUT2D eigenvalue weighted by Crippen LogP contribution is -2.46. The van der Waals surface area contributed by atoms with E-state index in [9.17, 15) is 0 Å². The first-order valence-electron chi connectivity index (χ1n) is 4.50. The third-order valence-electron chi connectivity index (χ3n) is 1.07. The Balaban J connectivity index is 0. The van der Waals surface area contributed by atoms with Crippen molar-refractivity contribution in [1.29, 1.82) is 0 Å². The summed E-state index contributed by atoms with van der Waals surface area (Å²) < 4.78 is 11.9. The van der Waals surface area contributed by atoms with Crippen molar-refractivity contribution in [2.45, 2.75) is 53.3 Å². The minimum absolute atomic E-state index is 0. The summed E-state index contributed by atoms with van der Waals surface area (Å²) in [7, 11) is -4.10. The van der Waals surface area contributed by atoms with Crippen molar-refractivity contribution in [3.63, 3.8) is 0 Å². The summed E-state index contributed by atoms with van der Waals surface area (Å²) >= 11 is 0. The van der Waals surface area contributed by atoms with Crippen molar-refractivity contribution < 1.29 is 8.23 Å². The van der Waals surface area contributed by atoms with Gasteiger partial charge in [0.15, 0.2) is 17.4 Å². The van der Waals surface area contributed by atoms with Crippen molar-refractivity contribution in [2.24, 2.45) is 0 Å². The van der Waals surface area contributed by atoms with Crippen LogP contribution in [0.5, 0.6) is 0 Å². The van der Waals surface area contributed by atoms with Gasteiger partial charge in [-0.05, 0) is 45.8 Å². The fourth-order valence-electron chi connectivity index (χ4n) is 1.33. The van der Waals surface area contributed by atoms with Crippen LogP contribution in [0.25, 0.3) is 0 Å². The van der Waals surface area contributed by atoms with Crippen LogP contribution in [-0.4, -0.2) is 25.9 Å². The molecule has 0 aliphatic heterocycles. The summed E-state index contributed by atoms with van der Waals surface area (Å²) in [5, 5.41) is 0. The SMILES string of the molecule is C.C[SiH](C)O[Si](C)(C)O[Si](C)(C)C. The Hall–Kier alpha value is 0.571. The Morgan fingerprint density at radius 1 is 0.923 bits per heavy atom. The molecular weight excluding hydrogens is 212 g/mol. The summed E-state index contributed by atoms with van der Waals surface area (Å²) in [5.74, 6) is 0. The Morgan fingerprint density at radius 3 is 1.54 bits per heavy atom. The first-order chi connectivity index (χ1) is 5.12. The zero-order chi connectivity index (χ0) is 9.99. The van der Waals surface area contributed by atoms with Crippen molar-refractivity contribution in [1.82, 2.24) is 0 Å². The first-order valence-corrected chi connectivity index (χ1v) is 13.5. The van der Waals surface area contributed by atoms with Crippen LogP contribution >= 0.6 is 0 Å². The minimum Gasteiger partial charge on any atom is -0.440 e. The van der Waals surface area contributed by atoms with Gasteiger partial charge in [-0.2, -0.15) is 0 Å². The van der Waals surface area contributed by atoms with E-state index in [1.54, 1.807) is 0 Å². The highest BCUT2D eigenvalue weighted by atomic mass is 28.5. The van der Waals surface area contributed by atoms with E-state index >= 15 is 0 Å². The van der Waals surface area contributed by atoms with E-state index in [2.05, 4.69) is 45.8 Å². The van der Waals surface area contributed by atoms with Crippen molar-refractivity contribution >= 4 is 25.9 Å². The first kappa shape index (κ1) is 16.0. The molecule has 0 spiro atoms. The molecule has 0 saturated heterocycles. The fourth-order valence-corrected chi connectivity index (χ4v) is 12.4. The third-order valence-corrected chi connectivity index (χ3v) is 9.64. The van der Waals surface area contributed by atoms with Gasteiger partial charge in [-0.25, -0.2) is 0 Å². The maximum atomic E-state index is 6.03. The molecule has 0 saturated carbocycles. The van der Waals surface area contributed by atoms with E-state index in [1.807, 2.05) is 0 Å². The molecule has 0 atom stereocenters. The highest BCUT2D eigenvalue weighted by Crippen LogP contribution is 2.15. The average molecular weight is 239 g/mol. The molecular formula is C8H26O2Si3. The Kier molecular flexibility index (Phi) is 6.72. The van der Waals surface area contributed by atoms with Crippen molar-refractivity contribution in [3.8, 4) is 0 Å². The lowest BCUT2D eigenvalue weighted by Gasteiger charge is -2.32. The average Bonchev–Trinajstić information content (AvgIpc) is 1.48. The molecule has 82 valence electrons. The Labute approximate surface area is 87.8 Å². The molecule has 0 unspecified atom stereocenters. The molecule has 5 heteroatoms. The standard InChI is InChI=1S/C7H22O2Si3.CH4/c1-10(2)8-12(6,7)9-11(3,4)5;/h10H,1-7H3;1H4. The van der Waals surface area contributed by atoms with Crippen LogP contribution in [0.1, 0.15) is 7.43 Å². The summed E-state index contributed by atoms with van der Waals surface area (Å²) in [4.78, 5) is 0. The molecule has 0 aliphatic carbocycles. The second-order valence-electron chi connectivity index (χ2n) is 4.78. The van der Waals surface area contributed by atoms with E-state index in [0.717, 1.165) is 0 Å². The number of hydrogen-bond acceptors (Lipinski definition) is 2. The van der Waals surface area contributed by atoms with Gasteiger partial charge in [-0.1, -0.05) is 7.43 Å². The van der Waals surface area contributed by atoms with Gasteiger partial charge in [0.05, 0.1) is 0 Å². The van der Waals surface area contributed by atoms with Crippen LogP contribution < -0.4 is 0 Å². The van der Waals surface area contributed by atoms with E-state index in [4.69, 9.17) is 8.23 Å². The molecule has 0 rings (SSSR count). The quantitative estimate of drug-likeness (QED) is 0.701. The zero-order valence-electron chi connectivity index (χ0n) is 9.39. The van der Waals surface area contributed by atoms with Crippen LogP contribution in [0.15, 0.2) is 0 Å². The lowest BCUT2D eigenvalue weighted by molar-refractivity contribution is 0.405. The summed E-state index contributed by atoms with van der Waals surface area (Å²) in [6.07, 6.45) is 0. The van der Waals surface area contributed by atoms with Crippen LogP contribution in [0.2, 0.25) is 45.8 Å². The van der Waals surface area contributed by atoms with Crippen LogP contribution in [0, 0.1) is 0 Å². The molecule has 0 heterocycles. The lowest BCUT2D eigenvalue weighted by atomic mass is 11.8. The van der Waals surface area contributed by atoms with Gasteiger partial charge >= 0.3 is 8.56 Å². The topological polar surface area (TPSA) is 18.5 Å². The molecule has 0 radical (unpaired) electrons. The van der Waals surface area contributed by atoms with Gasteiger partial charge in [-0.3, -0.25) is 0 Å². The molecule has 0 fully saturated rings. The van der Waals surface area contributed by atoms with Gasteiger partial charge in [0, 0.05) is 0 Å². The van der Waals surface area contributed by atoms with Crippen molar-refractivity contribution in [2.75, 3.05) is 0 Å². The van der Waals surface area contributed by atoms with Gasteiger partial charge in [0.1, 0.15) is 0 Å². The molecule has 2 nitrogen and oxygen atoms in total. The molecule has 0 aliphatic rings. The summed E-state index contributed by atoms with van der Waals surface area (Å²) in [6.45, 7) is 15.3. The zero-order valence-corrected chi connectivity index (χ0v) is 12.5. The largest absolute Gasteiger partial charge is 0.440 e.